The van der Waals surface area contributed by atoms with Crippen molar-refractivity contribution in [3.05, 3.63) is 82.3 Å². The summed E-state index contributed by atoms with van der Waals surface area (Å²) in [5, 5.41) is 20.1. The third kappa shape index (κ3) is 4.67. The minimum Gasteiger partial charge on any atom is -0.469 e. The number of benzene rings is 2. The second kappa shape index (κ2) is 11.0. The first-order valence-corrected chi connectivity index (χ1v) is 15.9. The van der Waals surface area contributed by atoms with Crippen molar-refractivity contribution in [2.45, 2.75) is 84.2 Å². The summed E-state index contributed by atoms with van der Waals surface area (Å²) in [5.41, 5.74) is 3.67. The largest absolute Gasteiger partial charge is 0.469 e. The highest BCUT2D eigenvalue weighted by Crippen LogP contribution is 2.59. The van der Waals surface area contributed by atoms with E-state index in [1.165, 1.54) is 0 Å². The average Bonchev–Trinajstić information content (AvgIpc) is 3.74. The Morgan fingerprint density at radius 2 is 1.85 bits per heavy atom. The predicted molar refractivity (Wildman–Crippen MR) is 169 cm³/mol. The van der Waals surface area contributed by atoms with Crippen molar-refractivity contribution in [1.82, 2.24) is 20.6 Å². The smallest absolute Gasteiger partial charge is 0.249 e. The first kappa shape index (κ1) is 30.0. The van der Waals surface area contributed by atoms with Crippen molar-refractivity contribution < 1.29 is 28.3 Å². The maximum Gasteiger partial charge on any atom is 0.249 e. The lowest BCUT2D eigenvalue weighted by Gasteiger charge is -2.29. The van der Waals surface area contributed by atoms with Crippen LogP contribution < -0.4 is 20.7 Å². The molecule has 5 heterocycles. The molecule has 0 fully saturated rings. The number of ether oxygens (including phenoxy) is 1. The number of nitrogens with zero attached hydrogens (tertiary/aromatic N) is 2. The van der Waals surface area contributed by atoms with E-state index in [2.05, 4.69) is 22.0 Å². The zero-order chi connectivity index (χ0) is 32.5. The lowest BCUT2D eigenvalue weighted by molar-refractivity contribution is -0.135. The van der Waals surface area contributed by atoms with E-state index in [-0.39, 0.29) is 30.6 Å². The van der Waals surface area contributed by atoms with Gasteiger partial charge in [0.15, 0.2) is 17.7 Å². The van der Waals surface area contributed by atoms with E-state index in [1.54, 1.807) is 0 Å². The number of amides is 2. The Labute approximate surface area is 267 Å². The van der Waals surface area contributed by atoms with E-state index in [9.17, 15) is 14.7 Å². The molecule has 4 bridgehead atoms. The Balaban J connectivity index is 1.46. The molecule has 2 aromatic heterocycles. The number of aromatic nitrogens is 2. The Morgan fingerprint density at radius 3 is 2.57 bits per heavy atom. The lowest BCUT2D eigenvalue weighted by atomic mass is 9.72. The second-order valence-corrected chi connectivity index (χ2v) is 13.4. The number of aliphatic hydroxyl groups excluding tert-OH is 1. The van der Waals surface area contributed by atoms with Gasteiger partial charge in [0.05, 0.1) is 5.69 Å². The average molecular weight is 626 g/mol. The molecule has 4 aromatic rings. The predicted octanol–water partition coefficient (Wildman–Crippen LogP) is 4.69. The van der Waals surface area contributed by atoms with Gasteiger partial charge < -0.3 is 34.6 Å². The van der Waals surface area contributed by atoms with Crippen LogP contribution in [0.2, 0.25) is 0 Å². The van der Waals surface area contributed by atoms with Gasteiger partial charge in [0, 0.05) is 17.7 Å². The fraction of sp³-hybridized carbons (Fsp3) is 0.429. The highest BCUT2D eigenvalue weighted by molar-refractivity contribution is 5.90. The maximum atomic E-state index is 14.0. The fourth-order valence-electron chi connectivity index (χ4n) is 6.84. The van der Waals surface area contributed by atoms with E-state index in [4.69, 9.17) is 23.5 Å². The van der Waals surface area contributed by atoms with Crippen LogP contribution in [0.15, 0.2) is 51.3 Å². The van der Waals surface area contributed by atoms with Crippen LogP contribution in [0, 0.1) is 25.7 Å². The minimum atomic E-state index is -1.24. The number of carbonyl (C=O) groups is 2. The standard InChI is InChI=1S/C35H39N5O6/c1-16(2)13-25(41)31(43)37-24-15-20-11-12-26-22(14-20)35(21-9-7-8-10-23(21)38-34(35)45-26)29-28(33-36-18(5)19(6)44-33)40-32(46-29)27(17(3)4)39-30(24)42/h7-12,14,16-17,24-25,27,34,38,41H,13,15H2,1-6H3,(H,37,43)(H,39,42)/t24-,25-,27-,34-,35?/m0/s1. The van der Waals surface area contributed by atoms with E-state index < -0.39 is 41.6 Å². The van der Waals surface area contributed by atoms with Gasteiger partial charge in [-0.05, 0) is 55.4 Å². The molecule has 3 aliphatic rings. The molecule has 0 saturated carbocycles. The first-order valence-electron chi connectivity index (χ1n) is 15.9. The van der Waals surface area contributed by atoms with E-state index >= 15 is 0 Å². The van der Waals surface area contributed by atoms with Crippen molar-refractivity contribution >= 4 is 17.5 Å². The van der Waals surface area contributed by atoms with Gasteiger partial charge in [-0.15, -0.1) is 0 Å². The van der Waals surface area contributed by atoms with E-state index in [0.29, 0.717) is 28.9 Å². The number of para-hydroxylation sites is 1. The third-order valence-corrected chi connectivity index (χ3v) is 9.28. The lowest BCUT2D eigenvalue weighted by Crippen LogP contribution is -2.52. The Morgan fingerprint density at radius 1 is 1.07 bits per heavy atom. The van der Waals surface area contributed by atoms with E-state index in [0.717, 1.165) is 28.1 Å². The van der Waals surface area contributed by atoms with Crippen LogP contribution in [0.5, 0.6) is 5.75 Å². The summed E-state index contributed by atoms with van der Waals surface area (Å²) >= 11 is 0. The number of oxazole rings is 2. The SMILES string of the molecule is Cc1nc(-c2nc3oc2C24c5ccccc5N[C@H]2Oc2ccc(cc24)C[C@H](NC(=O)[C@@H](O)CC(C)C)C(=O)N[C@H]3C(C)C)oc1C. The number of hydrogen-bond donors (Lipinski definition) is 4. The normalized spacial score (nSPS) is 23.5. The molecule has 1 unspecified atom stereocenters. The van der Waals surface area contributed by atoms with Crippen LogP contribution in [-0.2, 0) is 21.4 Å². The van der Waals surface area contributed by atoms with Gasteiger partial charge in [-0.3, -0.25) is 9.59 Å². The zero-order valence-electron chi connectivity index (χ0n) is 26.8. The van der Waals surface area contributed by atoms with Gasteiger partial charge in [-0.1, -0.05) is 58.0 Å². The molecule has 7 rings (SSSR count). The number of aryl methyl sites for hydroxylation is 2. The van der Waals surface area contributed by atoms with E-state index in [1.807, 2.05) is 77.9 Å². The van der Waals surface area contributed by atoms with Gasteiger partial charge in [0.25, 0.3) is 0 Å². The molecule has 2 aromatic carbocycles. The minimum absolute atomic E-state index is 0.101. The molecule has 0 aliphatic carbocycles. The molecule has 0 radical (unpaired) electrons. The number of nitrogens with one attached hydrogen (secondary N) is 3. The quantitative estimate of drug-likeness (QED) is 0.239. The van der Waals surface area contributed by atoms with Gasteiger partial charge in [0.2, 0.25) is 23.6 Å². The highest BCUT2D eigenvalue weighted by Gasteiger charge is 2.61. The van der Waals surface area contributed by atoms with Gasteiger partial charge in [-0.2, -0.15) is 0 Å². The fourth-order valence-corrected chi connectivity index (χ4v) is 6.84. The molecule has 5 atom stereocenters. The molecule has 4 N–H and O–H groups in total. The van der Waals surface area contributed by atoms with Crippen LogP contribution in [-0.4, -0.2) is 45.3 Å². The van der Waals surface area contributed by atoms with Crippen LogP contribution >= 0.6 is 0 Å². The molecule has 11 heteroatoms. The number of fused-ring (bicyclic) bond motifs is 4. The Hall–Kier alpha value is -4.64. The molecule has 3 aliphatic heterocycles. The number of carbonyl (C=O) groups excluding carboxylic acids is 2. The first-order chi connectivity index (χ1) is 22.0. The highest BCUT2D eigenvalue weighted by atomic mass is 16.5. The monoisotopic (exact) mass is 625 g/mol. The molecule has 46 heavy (non-hydrogen) atoms. The Kier molecular flexibility index (Phi) is 7.19. The van der Waals surface area contributed by atoms with Crippen molar-refractivity contribution in [3.63, 3.8) is 0 Å². The van der Waals surface area contributed by atoms with Crippen molar-refractivity contribution in [3.8, 4) is 17.3 Å². The number of rotatable bonds is 6. The van der Waals surface area contributed by atoms with Crippen molar-refractivity contribution in [1.29, 1.82) is 0 Å². The number of hydrogen-bond acceptors (Lipinski definition) is 9. The van der Waals surface area contributed by atoms with Crippen LogP contribution in [0.4, 0.5) is 5.69 Å². The van der Waals surface area contributed by atoms with Crippen molar-refractivity contribution in [2.75, 3.05) is 5.32 Å². The maximum absolute atomic E-state index is 14.0. The summed E-state index contributed by atoms with van der Waals surface area (Å²) < 4.78 is 19.6. The van der Waals surface area contributed by atoms with Crippen LogP contribution in [0.3, 0.4) is 0 Å². The summed E-state index contributed by atoms with van der Waals surface area (Å²) in [6.45, 7) is 11.5. The second-order valence-electron chi connectivity index (χ2n) is 13.4. The summed E-state index contributed by atoms with van der Waals surface area (Å²) in [6.07, 6.45) is -1.33. The molecular formula is C35H39N5O6. The van der Waals surface area contributed by atoms with Gasteiger partial charge in [-0.25, -0.2) is 9.97 Å². The van der Waals surface area contributed by atoms with Gasteiger partial charge >= 0.3 is 0 Å². The topological polar surface area (TPSA) is 152 Å². The summed E-state index contributed by atoms with van der Waals surface area (Å²) in [5.74, 6) is 1.39. The summed E-state index contributed by atoms with van der Waals surface area (Å²) in [7, 11) is 0. The van der Waals surface area contributed by atoms with Crippen molar-refractivity contribution in [2.24, 2.45) is 11.8 Å². The Bertz CT molecular complexity index is 1820. The van der Waals surface area contributed by atoms with Gasteiger partial charge in [0.1, 0.15) is 35.1 Å². The molecule has 240 valence electrons. The van der Waals surface area contributed by atoms with Crippen LogP contribution in [0.25, 0.3) is 11.6 Å². The molecular weight excluding hydrogens is 586 g/mol. The molecule has 2 amide bonds. The third-order valence-electron chi connectivity index (χ3n) is 9.28. The number of aliphatic hydroxyl groups is 1. The molecule has 11 nitrogen and oxygen atoms in total. The summed E-state index contributed by atoms with van der Waals surface area (Å²) in [6, 6.07) is 12.2. The summed E-state index contributed by atoms with van der Waals surface area (Å²) in [4.78, 5) is 36.8. The van der Waals surface area contributed by atoms with Crippen LogP contribution in [0.1, 0.15) is 80.0 Å². The number of anilines is 1. The molecule has 0 saturated heterocycles. The zero-order valence-corrected chi connectivity index (χ0v) is 26.8. The molecule has 1 spiro atoms.